The Kier molecular flexibility index (Phi) is 9.02. The lowest BCUT2D eigenvalue weighted by atomic mass is 10.1. The number of carbonyl (C=O) groups excluding carboxylic acids is 2. The van der Waals surface area contributed by atoms with Gasteiger partial charge in [0.15, 0.2) is 6.61 Å². The molecule has 0 aromatic heterocycles. The van der Waals surface area contributed by atoms with E-state index in [4.69, 9.17) is 9.47 Å². The first-order valence-corrected chi connectivity index (χ1v) is 9.97. The Morgan fingerprint density at radius 1 is 1.00 bits per heavy atom. The van der Waals surface area contributed by atoms with Gasteiger partial charge < -0.3 is 19.7 Å². The zero-order valence-electron chi connectivity index (χ0n) is 17.4. The molecule has 6 nitrogen and oxygen atoms in total. The van der Waals surface area contributed by atoms with E-state index in [-0.39, 0.29) is 18.4 Å². The summed E-state index contributed by atoms with van der Waals surface area (Å²) in [6, 6.07) is 16.5. The molecule has 0 radical (unpaired) electrons. The molecule has 0 saturated heterocycles. The Morgan fingerprint density at radius 2 is 1.66 bits per heavy atom. The van der Waals surface area contributed by atoms with Crippen LogP contribution in [-0.2, 0) is 16.0 Å². The third-order valence-electron chi connectivity index (χ3n) is 4.64. The topological polar surface area (TPSA) is 67.9 Å². The molecule has 0 spiro atoms. The van der Waals surface area contributed by atoms with E-state index in [1.54, 1.807) is 36.3 Å². The predicted molar refractivity (Wildman–Crippen MR) is 113 cm³/mol. The molecule has 0 heterocycles. The summed E-state index contributed by atoms with van der Waals surface area (Å²) >= 11 is 0. The number of nitrogens with one attached hydrogen (secondary N) is 1. The van der Waals surface area contributed by atoms with E-state index in [1.165, 1.54) is 0 Å². The van der Waals surface area contributed by atoms with Crippen molar-refractivity contribution in [2.75, 3.05) is 26.8 Å². The van der Waals surface area contributed by atoms with E-state index >= 15 is 0 Å². The van der Waals surface area contributed by atoms with E-state index in [2.05, 4.69) is 5.32 Å². The SMILES string of the molecule is CCNC(=O)C(CC)N(CCc1ccccc1)C(=O)COc1ccc(OC)cc1. The first-order valence-electron chi connectivity index (χ1n) is 9.97. The molecular weight excluding hydrogens is 368 g/mol. The van der Waals surface area contributed by atoms with Crippen LogP contribution in [-0.4, -0.2) is 49.6 Å². The normalized spacial score (nSPS) is 11.4. The molecule has 2 aromatic rings. The fourth-order valence-electron chi connectivity index (χ4n) is 3.09. The maximum Gasteiger partial charge on any atom is 0.261 e. The number of hydrogen-bond donors (Lipinski definition) is 1. The Bertz CT molecular complexity index is 762. The van der Waals surface area contributed by atoms with Crippen LogP contribution in [0, 0.1) is 0 Å². The van der Waals surface area contributed by atoms with Gasteiger partial charge >= 0.3 is 0 Å². The molecule has 0 aliphatic rings. The van der Waals surface area contributed by atoms with E-state index in [0.717, 1.165) is 11.3 Å². The second kappa shape index (κ2) is 11.7. The van der Waals surface area contributed by atoms with Crippen molar-refractivity contribution in [3.8, 4) is 11.5 Å². The van der Waals surface area contributed by atoms with Gasteiger partial charge in [-0.25, -0.2) is 0 Å². The number of ether oxygens (including phenoxy) is 2. The fourth-order valence-corrected chi connectivity index (χ4v) is 3.09. The van der Waals surface area contributed by atoms with Gasteiger partial charge in [-0.05, 0) is 49.6 Å². The molecule has 2 aromatic carbocycles. The third-order valence-corrected chi connectivity index (χ3v) is 4.64. The highest BCUT2D eigenvalue weighted by molar-refractivity contribution is 5.88. The molecule has 6 heteroatoms. The number of benzene rings is 2. The predicted octanol–water partition coefficient (Wildman–Crippen LogP) is 3.06. The highest BCUT2D eigenvalue weighted by atomic mass is 16.5. The highest BCUT2D eigenvalue weighted by Gasteiger charge is 2.28. The molecule has 29 heavy (non-hydrogen) atoms. The first-order chi connectivity index (χ1) is 14.1. The van der Waals surface area contributed by atoms with Gasteiger partial charge in [-0.2, -0.15) is 0 Å². The van der Waals surface area contributed by atoms with Crippen molar-refractivity contribution in [3.05, 3.63) is 60.2 Å². The smallest absolute Gasteiger partial charge is 0.261 e. The third kappa shape index (κ3) is 6.82. The summed E-state index contributed by atoms with van der Waals surface area (Å²) in [7, 11) is 1.59. The van der Waals surface area contributed by atoms with Crippen molar-refractivity contribution in [1.29, 1.82) is 0 Å². The van der Waals surface area contributed by atoms with Crippen molar-refractivity contribution in [2.45, 2.75) is 32.7 Å². The summed E-state index contributed by atoms with van der Waals surface area (Å²) in [5.41, 5.74) is 1.12. The Morgan fingerprint density at radius 3 is 2.24 bits per heavy atom. The minimum atomic E-state index is -0.523. The molecule has 1 atom stereocenters. The number of rotatable bonds is 11. The lowest BCUT2D eigenvalue weighted by Gasteiger charge is -2.30. The standard InChI is InChI=1S/C23H30N2O4/c1-4-21(23(27)24-5-2)25(16-15-18-9-7-6-8-10-18)22(26)17-29-20-13-11-19(28-3)12-14-20/h6-14,21H,4-5,15-17H2,1-3H3,(H,24,27). The van der Waals surface area contributed by atoms with Gasteiger partial charge in [0.25, 0.3) is 5.91 Å². The summed E-state index contributed by atoms with van der Waals surface area (Å²) < 4.78 is 10.8. The minimum absolute atomic E-state index is 0.128. The van der Waals surface area contributed by atoms with E-state index in [0.29, 0.717) is 31.7 Å². The van der Waals surface area contributed by atoms with E-state index in [1.807, 2.05) is 44.2 Å². The first kappa shape index (κ1) is 22.3. The van der Waals surface area contributed by atoms with Gasteiger partial charge in [0.2, 0.25) is 5.91 Å². The van der Waals surface area contributed by atoms with Crippen LogP contribution in [0.4, 0.5) is 0 Å². The molecule has 2 amide bonds. The molecular formula is C23H30N2O4. The Balaban J connectivity index is 2.08. The van der Waals surface area contributed by atoms with Crippen LogP contribution in [0.1, 0.15) is 25.8 Å². The van der Waals surface area contributed by atoms with Crippen molar-refractivity contribution in [1.82, 2.24) is 10.2 Å². The van der Waals surface area contributed by atoms with Gasteiger partial charge in [0, 0.05) is 13.1 Å². The maximum atomic E-state index is 13.0. The molecule has 2 rings (SSSR count). The number of hydrogen-bond acceptors (Lipinski definition) is 4. The zero-order chi connectivity index (χ0) is 21.1. The summed E-state index contributed by atoms with van der Waals surface area (Å²) in [4.78, 5) is 27.1. The molecule has 1 N–H and O–H groups in total. The summed E-state index contributed by atoms with van der Waals surface area (Å²) in [5.74, 6) is 0.944. The minimum Gasteiger partial charge on any atom is -0.497 e. The van der Waals surface area contributed by atoms with Crippen molar-refractivity contribution in [3.63, 3.8) is 0 Å². The number of nitrogens with zero attached hydrogens (tertiary/aromatic N) is 1. The molecule has 156 valence electrons. The number of likely N-dealkylation sites (N-methyl/N-ethyl adjacent to an activating group) is 1. The summed E-state index contributed by atoms with van der Waals surface area (Å²) in [6.45, 7) is 4.63. The van der Waals surface area contributed by atoms with Gasteiger partial charge in [-0.15, -0.1) is 0 Å². The quantitative estimate of drug-likeness (QED) is 0.632. The monoisotopic (exact) mass is 398 g/mol. The van der Waals surface area contributed by atoms with Crippen molar-refractivity contribution >= 4 is 11.8 Å². The largest absolute Gasteiger partial charge is 0.497 e. The average Bonchev–Trinajstić information content (AvgIpc) is 2.76. The molecule has 0 aliphatic carbocycles. The number of methoxy groups -OCH3 is 1. The van der Waals surface area contributed by atoms with Crippen LogP contribution in [0.2, 0.25) is 0 Å². The second-order valence-electron chi connectivity index (χ2n) is 6.61. The van der Waals surface area contributed by atoms with Crippen LogP contribution in [0.15, 0.2) is 54.6 Å². The van der Waals surface area contributed by atoms with Gasteiger partial charge in [0.1, 0.15) is 17.5 Å². The second-order valence-corrected chi connectivity index (χ2v) is 6.61. The van der Waals surface area contributed by atoms with E-state index < -0.39 is 6.04 Å². The molecule has 0 saturated carbocycles. The lowest BCUT2D eigenvalue weighted by Crippen LogP contribution is -2.51. The Labute approximate surface area is 172 Å². The molecule has 0 aliphatic heterocycles. The van der Waals surface area contributed by atoms with Gasteiger partial charge in [-0.3, -0.25) is 9.59 Å². The maximum absolute atomic E-state index is 13.0. The van der Waals surface area contributed by atoms with Crippen LogP contribution in [0.5, 0.6) is 11.5 Å². The highest BCUT2D eigenvalue weighted by Crippen LogP contribution is 2.17. The molecule has 1 unspecified atom stereocenters. The van der Waals surface area contributed by atoms with Crippen LogP contribution < -0.4 is 14.8 Å². The van der Waals surface area contributed by atoms with E-state index in [9.17, 15) is 9.59 Å². The average molecular weight is 399 g/mol. The molecule has 0 bridgehead atoms. The lowest BCUT2D eigenvalue weighted by molar-refractivity contribution is -0.142. The van der Waals surface area contributed by atoms with Gasteiger partial charge in [-0.1, -0.05) is 37.3 Å². The van der Waals surface area contributed by atoms with Crippen LogP contribution in [0.25, 0.3) is 0 Å². The van der Waals surface area contributed by atoms with Gasteiger partial charge in [0.05, 0.1) is 7.11 Å². The van der Waals surface area contributed by atoms with Crippen LogP contribution >= 0.6 is 0 Å². The van der Waals surface area contributed by atoms with Crippen LogP contribution in [0.3, 0.4) is 0 Å². The van der Waals surface area contributed by atoms with Crippen molar-refractivity contribution < 1.29 is 19.1 Å². The number of carbonyl (C=O) groups is 2. The fraction of sp³-hybridized carbons (Fsp3) is 0.391. The zero-order valence-corrected chi connectivity index (χ0v) is 17.4. The molecule has 0 fully saturated rings. The number of amides is 2. The van der Waals surface area contributed by atoms with Crippen molar-refractivity contribution in [2.24, 2.45) is 0 Å². The summed E-state index contributed by atoms with van der Waals surface area (Å²) in [6.07, 6.45) is 1.21. The Hall–Kier alpha value is -3.02. The summed E-state index contributed by atoms with van der Waals surface area (Å²) in [5, 5.41) is 2.83.